The van der Waals surface area contributed by atoms with E-state index in [9.17, 15) is 18.0 Å². The van der Waals surface area contributed by atoms with E-state index in [1.54, 1.807) is 6.92 Å². The Bertz CT molecular complexity index is 1090. The van der Waals surface area contributed by atoms with Gasteiger partial charge in [-0.25, -0.2) is 8.42 Å². The van der Waals surface area contributed by atoms with Crippen molar-refractivity contribution in [1.29, 1.82) is 0 Å². The molecule has 0 aliphatic heterocycles. The van der Waals surface area contributed by atoms with Crippen LogP contribution in [0.15, 0.2) is 42.5 Å². The molecule has 10 heteroatoms. The summed E-state index contributed by atoms with van der Waals surface area (Å²) in [6.07, 6.45) is 1.73. The van der Waals surface area contributed by atoms with Crippen LogP contribution in [0.25, 0.3) is 0 Å². The molecule has 0 aliphatic carbocycles. The molecule has 2 aromatic carbocycles. The number of hydrogen-bond donors (Lipinski definition) is 1. The minimum atomic E-state index is -3.88. The van der Waals surface area contributed by atoms with Gasteiger partial charge >= 0.3 is 0 Å². The number of benzene rings is 2. The molecule has 1 atom stereocenters. The van der Waals surface area contributed by atoms with E-state index in [1.165, 1.54) is 23.1 Å². The Labute approximate surface area is 205 Å². The maximum Gasteiger partial charge on any atom is 0.244 e. The van der Waals surface area contributed by atoms with E-state index < -0.39 is 28.5 Å². The first-order valence-electron chi connectivity index (χ1n) is 10.5. The number of carbonyl (C=O) groups is 2. The summed E-state index contributed by atoms with van der Waals surface area (Å²) < 4.78 is 26.0. The maximum atomic E-state index is 13.4. The maximum absolute atomic E-state index is 13.4. The molecule has 0 radical (unpaired) electrons. The van der Waals surface area contributed by atoms with Gasteiger partial charge in [0.25, 0.3) is 0 Å². The average Bonchev–Trinajstić information content (AvgIpc) is 2.75. The highest BCUT2D eigenvalue weighted by atomic mass is 35.5. The summed E-state index contributed by atoms with van der Waals surface area (Å²) in [6, 6.07) is 11.1. The highest BCUT2D eigenvalue weighted by molar-refractivity contribution is 7.92. The second-order valence-electron chi connectivity index (χ2n) is 7.84. The number of aryl methyl sites for hydroxylation is 1. The molecule has 0 aromatic heterocycles. The van der Waals surface area contributed by atoms with Crippen LogP contribution in [0.5, 0.6) is 0 Å². The predicted octanol–water partition coefficient (Wildman–Crippen LogP) is 4.01. The molecule has 180 valence electrons. The third kappa shape index (κ3) is 7.62. The largest absolute Gasteiger partial charge is 0.354 e. The quantitative estimate of drug-likeness (QED) is 0.519. The van der Waals surface area contributed by atoms with E-state index >= 15 is 0 Å². The molecule has 0 aliphatic rings. The lowest BCUT2D eigenvalue weighted by molar-refractivity contribution is -0.139. The van der Waals surface area contributed by atoms with Crippen molar-refractivity contribution < 1.29 is 18.0 Å². The Morgan fingerprint density at radius 2 is 1.73 bits per heavy atom. The van der Waals surface area contributed by atoms with Crippen LogP contribution in [0.1, 0.15) is 31.4 Å². The number of nitrogens with one attached hydrogen (secondary N) is 1. The van der Waals surface area contributed by atoms with E-state index in [0.717, 1.165) is 28.1 Å². The number of anilines is 1. The van der Waals surface area contributed by atoms with Gasteiger partial charge in [0.15, 0.2) is 0 Å². The van der Waals surface area contributed by atoms with Gasteiger partial charge in [-0.2, -0.15) is 0 Å². The molecule has 33 heavy (non-hydrogen) atoms. The lowest BCUT2D eigenvalue weighted by Gasteiger charge is -2.31. The van der Waals surface area contributed by atoms with E-state index in [2.05, 4.69) is 5.32 Å². The second-order valence-corrected chi connectivity index (χ2v) is 10.6. The smallest absolute Gasteiger partial charge is 0.244 e. The first kappa shape index (κ1) is 27.0. The van der Waals surface area contributed by atoms with Crippen LogP contribution in [0.2, 0.25) is 10.0 Å². The first-order chi connectivity index (χ1) is 15.4. The summed E-state index contributed by atoms with van der Waals surface area (Å²) in [6.45, 7) is 5.58. The van der Waals surface area contributed by atoms with Crippen molar-refractivity contribution in [3.8, 4) is 0 Å². The molecule has 2 aromatic rings. The first-order valence-corrected chi connectivity index (χ1v) is 13.1. The Hall–Kier alpha value is -2.29. The van der Waals surface area contributed by atoms with Crippen LogP contribution in [-0.4, -0.2) is 50.5 Å². The number of nitrogens with zero attached hydrogens (tertiary/aromatic N) is 2. The minimum absolute atomic E-state index is 0.0957. The van der Waals surface area contributed by atoms with Crippen molar-refractivity contribution in [3.05, 3.63) is 63.6 Å². The topological polar surface area (TPSA) is 86.8 Å². The molecule has 0 bridgehead atoms. The fraction of sp³-hybridized carbons (Fsp3) is 0.391. The van der Waals surface area contributed by atoms with Crippen molar-refractivity contribution in [2.75, 3.05) is 23.7 Å². The molecule has 2 amide bonds. The Balaban J connectivity index is 2.40. The lowest BCUT2D eigenvalue weighted by Crippen LogP contribution is -2.51. The second kappa shape index (κ2) is 11.7. The highest BCUT2D eigenvalue weighted by Gasteiger charge is 2.30. The monoisotopic (exact) mass is 513 g/mol. The summed E-state index contributed by atoms with van der Waals surface area (Å²) in [5.41, 5.74) is 1.97. The van der Waals surface area contributed by atoms with Crippen molar-refractivity contribution in [2.45, 2.75) is 39.8 Å². The molecule has 0 spiro atoms. The van der Waals surface area contributed by atoms with Crippen molar-refractivity contribution >= 4 is 50.7 Å². The van der Waals surface area contributed by atoms with Gasteiger partial charge in [0.1, 0.15) is 12.6 Å². The predicted molar refractivity (Wildman–Crippen MR) is 133 cm³/mol. The van der Waals surface area contributed by atoms with Gasteiger partial charge in [0, 0.05) is 18.1 Å². The molecular weight excluding hydrogens is 485 g/mol. The average molecular weight is 514 g/mol. The third-order valence-corrected chi connectivity index (χ3v) is 6.73. The van der Waals surface area contributed by atoms with Crippen molar-refractivity contribution in [3.63, 3.8) is 0 Å². The number of halogens is 2. The molecule has 1 N–H and O–H groups in total. The Morgan fingerprint density at radius 1 is 1.09 bits per heavy atom. The van der Waals surface area contributed by atoms with Crippen LogP contribution in [0.3, 0.4) is 0 Å². The number of carbonyl (C=O) groups excluding carboxylic acids is 2. The van der Waals surface area contributed by atoms with Gasteiger partial charge in [0.05, 0.1) is 17.0 Å². The number of hydrogen-bond acceptors (Lipinski definition) is 4. The van der Waals surface area contributed by atoms with E-state index in [0.29, 0.717) is 6.54 Å². The van der Waals surface area contributed by atoms with Crippen LogP contribution in [-0.2, 0) is 26.2 Å². The van der Waals surface area contributed by atoms with Gasteiger partial charge < -0.3 is 10.2 Å². The molecule has 2 rings (SSSR count). The summed E-state index contributed by atoms with van der Waals surface area (Å²) in [4.78, 5) is 27.5. The Morgan fingerprint density at radius 3 is 2.30 bits per heavy atom. The summed E-state index contributed by atoms with van der Waals surface area (Å²) in [5, 5.41) is 3.20. The van der Waals surface area contributed by atoms with E-state index in [-0.39, 0.29) is 28.2 Å². The molecule has 0 fully saturated rings. The molecule has 0 saturated heterocycles. The molecule has 0 saturated carbocycles. The molecule has 7 nitrogen and oxygen atoms in total. The van der Waals surface area contributed by atoms with Gasteiger partial charge in [-0.15, -0.1) is 0 Å². The number of rotatable bonds is 10. The summed E-state index contributed by atoms with van der Waals surface area (Å²) in [7, 11) is -3.88. The van der Waals surface area contributed by atoms with E-state index in [1.807, 2.05) is 38.1 Å². The third-order valence-electron chi connectivity index (χ3n) is 5.05. The molecule has 0 unspecified atom stereocenters. The zero-order chi connectivity index (χ0) is 24.8. The fourth-order valence-corrected chi connectivity index (χ4v) is 4.43. The summed E-state index contributed by atoms with van der Waals surface area (Å²) in [5.74, 6) is -0.861. The SMILES string of the molecule is CCCNC(=O)[C@H](C)N(Cc1ccc(C)cc1)C(=O)CN(c1cc(Cl)ccc1Cl)S(C)(=O)=O. The normalized spacial score (nSPS) is 12.2. The van der Waals surface area contributed by atoms with Gasteiger partial charge in [-0.3, -0.25) is 13.9 Å². The van der Waals surface area contributed by atoms with E-state index in [4.69, 9.17) is 23.2 Å². The highest BCUT2D eigenvalue weighted by Crippen LogP contribution is 2.30. The van der Waals surface area contributed by atoms with Crippen LogP contribution in [0, 0.1) is 6.92 Å². The zero-order valence-corrected chi connectivity index (χ0v) is 21.5. The fourth-order valence-electron chi connectivity index (χ4n) is 3.14. The standard InChI is InChI=1S/C23H29Cl2N3O4S/c1-5-12-26-23(30)17(3)27(14-18-8-6-16(2)7-9-18)22(29)15-28(33(4,31)32)21-13-19(24)10-11-20(21)25/h6-11,13,17H,5,12,14-15H2,1-4H3,(H,26,30)/t17-/m0/s1. The van der Waals surface area contributed by atoms with Crippen LogP contribution >= 0.6 is 23.2 Å². The zero-order valence-electron chi connectivity index (χ0n) is 19.1. The number of sulfonamides is 1. The van der Waals surface area contributed by atoms with Crippen LogP contribution < -0.4 is 9.62 Å². The van der Waals surface area contributed by atoms with Crippen molar-refractivity contribution in [2.24, 2.45) is 0 Å². The van der Waals surface area contributed by atoms with Gasteiger partial charge in [-0.1, -0.05) is 60.0 Å². The Kier molecular flexibility index (Phi) is 9.57. The minimum Gasteiger partial charge on any atom is -0.354 e. The summed E-state index contributed by atoms with van der Waals surface area (Å²) >= 11 is 12.3. The van der Waals surface area contributed by atoms with Gasteiger partial charge in [-0.05, 0) is 44.0 Å². The van der Waals surface area contributed by atoms with Crippen LogP contribution in [0.4, 0.5) is 5.69 Å². The number of amides is 2. The van der Waals surface area contributed by atoms with Gasteiger partial charge in [0.2, 0.25) is 21.8 Å². The van der Waals surface area contributed by atoms with Crippen molar-refractivity contribution in [1.82, 2.24) is 10.2 Å². The molecule has 0 heterocycles. The lowest BCUT2D eigenvalue weighted by atomic mass is 10.1. The molecular formula is C23H29Cl2N3O4S.